The maximum absolute atomic E-state index is 12.2. The van der Waals surface area contributed by atoms with E-state index in [0.29, 0.717) is 5.75 Å². The molecule has 8 nitrogen and oxygen atoms in total. The number of ether oxygens (including phenoxy) is 5. The van der Waals surface area contributed by atoms with Crippen LogP contribution in [0.5, 0.6) is 11.5 Å². The second-order valence-corrected chi connectivity index (χ2v) is 11.9. The summed E-state index contributed by atoms with van der Waals surface area (Å²) in [6.45, 7) is 6.04. The average molecular weight is 698 g/mol. The topological polar surface area (TPSA) is 83.5 Å². The lowest BCUT2D eigenvalue weighted by molar-refractivity contribution is -0.142. The molecule has 0 heterocycles. The summed E-state index contributed by atoms with van der Waals surface area (Å²) in [6, 6.07) is 40.7. The molecule has 0 aliphatic rings. The summed E-state index contributed by atoms with van der Waals surface area (Å²) in [6.07, 6.45) is 5.33. The standard InChI is InChI=1S/C44H43NO7/c1-32-8-18-38(19-9-32)45(39-20-10-33(2)11-21-39)40-22-12-35(13-23-40)6-5-7-43(36-14-24-41(48-4)25-15-36)37-16-26-42(27-17-37)52-44(47)51-31-29-49-28-30-50-34(3)46/h5-27H,28-31H2,1-4H3. The molecule has 0 spiro atoms. The van der Waals surface area contributed by atoms with E-state index in [4.69, 9.17) is 23.7 Å². The van der Waals surface area contributed by atoms with Gasteiger partial charge in [0.25, 0.3) is 0 Å². The van der Waals surface area contributed by atoms with Crippen molar-refractivity contribution in [3.63, 3.8) is 0 Å². The van der Waals surface area contributed by atoms with Gasteiger partial charge in [-0.25, -0.2) is 4.79 Å². The molecular formula is C44H43NO7. The molecule has 266 valence electrons. The lowest BCUT2D eigenvalue weighted by atomic mass is 9.97. The van der Waals surface area contributed by atoms with Crippen LogP contribution in [0.3, 0.4) is 0 Å². The second kappa shape index (κ2) is 18.8. The summed E-state index contributed by atoms with van der Waals surface area (Å²) in [5.74, 6) is 0.736. The van der Waals surface area contributed by atoms with E-state index in [0.717, 1.165) is 45.1 Å². The molecule has 0 radical (unpaired) electrons. The average Bonchev–Trinajstić information content (AvgIpc) is 3.15. The van der Waals surface area contributed by atoms with Crippen molar-refractivity contribution in [3.05, 3.63) is 161 Å². The molecule has 5 aromatic rings. The van der Waals surface area contributed by atoms with Crippen LogP contribution in [0.4, 0.5) is 21.9 Å². The molecule has 0 amide bonds. The van der Waals surface area contributed by atoms with Gasteiger partial charge < -0.3 is 28.6 Å². The van der Waals surface area contributed by atoms with Crippen LogP contribution in [-0.4, -0.2) is 45.7 Å². The van der Waals surface area contributed by atoms with Crippen molar-refractivity contribution in [2.24, 2.45) is 0 Å². The molecule has 0 saturated heterocycles. The maximum Gasteiger partial charge on any atom is 0.513 e. The smallest absolute Gasteiger partial charge is 0.497 e. The van der Waals surface area contributed by atoms with Crippen LogP contribution in [0, 0.1) is 13.8 Å². The first-order valence-electron chi connectivity index (χ1n) is 17.0. The molecule has 0 unspecified atom stereocenters. The molecule has 5 rings (SSSR count). The first-order chi connectivity index (χ1) is 25.3. The van der Waals surface area contributed by atoms with Gasteiger partial charge in [0.05, 0.1) is 20.3 Å². The van der Waals surface area contributed by atoms with Crippen LogP contribution >= 0.6 is 0 Å². The van der Waals surface area contributed by atoms with Gasteiger partial charge in [0.2, 0.25) is 0 Å². The summed E-state index contributed by atoms with van der Waals surface area (Å²) in [5.41, 5.74) is 9.64. The van der Waals surface area contributed by atoms with Gasteiger partial charge in [0, 0.05) is 24.0 Å². The molecule has 8 heteroatoms. The number of hydrogen-bond donors (Lipinski definition) is 0. The lowest BCUT2D eigenvalue weighted by Gasteiger charge is -2.25. The molecule has 0 atom stereocenters. The maximum atomic E-state index is 12.2. The number of hydrogen-bond acceptors (Lipinski definition) is 8. The Morgan fingerprint density at radius 1 is 0.596 bits per heavy atom. The fourth-order valence-electron chi connectivity index (χ4n) is 5.31. The van der Waals surface area contributed by atoms with Crippen molar-refractivity contribution >= 4 is 40.8 Å². The molecule has 0 fully saturated rings. The number of carbonyl (C=O) groups is 2. The Labute approximate surface area is 305 Å². The van der Waals surface area contributed by atoms with Gasteiger partial charge in [-0.3, -0.25) is 4.79 Å². The summed E-state index contributed by atoms with van der Waals surface area (Å²) in [5, 5.41) is 0. The molecular weight excluding hydrogens is 654 g/mol. The number of carbonyl (C=O) groups excluding carboxylic acids is 2. The van der Waals surface area contributed by atoms with Crippen LogP contribution in [0.25, 0.3) is 11.6 Å². The van der Waals surface area contributed by atoms with Crippen molar-refractivity contribution < 1.29 is 33.3 Å². The van der Waals surface area contributed by atoms with Gasteiger partial charge in [-0.05, 0) is 96.8 Å². The molecule has 5 aromatic carbocycles. The Kier molecular flexibility index (Phi) is 13.4. The Hall–Kier alpha value is -6.12. The SMILES string of the molecule is COc1ccc(C(=CC=Cc2ccc(N(c3ccc(C)cc3)c3ccc(C)cc3)cc2)c2ccc(OC(=O)OCCOCCOC(C)=O)cc2)cc1. The first kappa shape index (κ1) is 37.1. The van der Waals surface area contributed by atoms with Crippen molar-refractivity contribution in [1.82, 2.24) is 0 Å². The zero-order valence-corrected chi connectivity index (χ0v) is 29.9. The highest BCUT2D eigenvalue weighted by atomic mass is 16.7. The lowest BCUT2D eigenvalue weighted by Crippen LogP contribution is -2.16. The van der Waals surface area contributed by atoms with Crippen LogP contribution in [0.2, 0.25) is 0 Å². The first-order valence-corrected chi connectivity index (χ1v) is 17.0. The Bertz CT molecular complexity index is 1900. The highest BCUT2D eigenvalue weighted by molar-refractivity contribution is 5.82. The van der Waals surface area contributed by atoms with Gasteiger partial charge in [-0.1, -0.05) is 90.0 Å². The Balaban J connectivity index is 1.29. The van der Waals surface area contributed by atoms with Gasteiger partial charge in [0.1, 0.15) is 24.7 Å². The van der Waals surface area contributed by atoms with E-state index in [-0.39, 0.29) is 32.4 Å². The molecule has 0 aliphatic carbocycles. The number of benzene rings is 5. The quantitative estimate of drug-likeness (QED) is 0.0463. The van der Waals surface area contributed by atoms with Gasteiger partial charge in [-0.2, -0.15) is 0 Å². The normalized spacial score (nSPS) is 11.3. The molecule has 0 N–H and O–H groups in total. The van der Waals surface area contributed by atoms with Crippen molar-refractivity contribution in [2.45, 2.75) is 20.8 Å². The monoisotopic (exact) mass is 697 g/mol. The predicted octanol–water partition coefficient (Wildman–Crippen LogP) is 10.0. The summed E-state index contributed by atoms with van der Waals surface area (Å²) < 4.78 is 25.8. The fourth-order valence-corrected chi connectivity index (χ4v) is 5.31. The number of anilines is 3. The van der Waals surface area contributed by atoms with Gasteiger partial charge in [0.15, 0.2) is 0 Å². The van der Waals surface area contributed by atoms with Gasteiger partial charge in [-0.15, -0.1) is 0 Å². The zero-order chi connectivity index (χ0) is 36.7. The minimum absolute atomic E-state index is 0.00809. The van der Waals surface area contributed by atoms with Crippen LogP contribution < -0.4 is 14.4 Å². The minimum Gasteiger partial charge on any atom is -0.497 e. The molecule has 0 saturated carbocycles. The number of esters is 1. The fraction of sp³-hybridized carbons (Fsp3) is 0.182. The van der Waals surface area contributed by atoms with E-state index in [1.54, 1.807) is 19.2 Å². The van der Waals surface area contributed by atoms with E-state index in [2.05, 4.69) is 104 Å². The Morgan fingerprint density at radius 2 is 1.08 bits per heavy atom. The largest absolute Gasteiger partial charge is 0.513 e. The third-order valence-electron chi connectivity index (χ3n) is 8.04. The Morgan fingerprint density at radius 3 is 1.58 bits per heavy atom. The number of rotatable bonds is 15. The predicted molar refractivity (Wildman–Crippen MR) is 206 cm³/mol. The van der Waals surface area contributed by atoms with Crippen molar-refractivity contribution in [2.75, 3.05) is 38.4 Å². The highest BCUT2D eigenvalue weighted by Crippen LogP contribution is 2.35. The van der Waals surface area contributed by atoms with E-state index < -0.39 is 6.16 Å². The third kappa shape index (κ3) is 10.9. The number of nitrogens with zero attached hydrogens (tertiary/aromatic N) is 1. The second-order valence-electron chi connectivity index (χ2n) is 11.9. The van der Waals surface area contributed by atoms with E-state index in [9.17, 15) is 9.59 Å². The number of methoxy groups -OCH3 is 1. The molecule has 0 bridgehead atoms. The molecule has 52 heavy (non-hydrogen) atoms. The number of allylic oxidation sites excluding steroid dienone is 2. The van der Waals surface area contributed by atoms with E-state index in [1.165, 1.54) is 18.1 Å². The van der Waals surface area contributed by atoms with Crippen molar-refractivity contribution in [1.29, 1.82) is 0 Å². The van der Waals surface area contributed by atoms with Gasteiger partial charge >= 0.3 is 12.1 Å². The zero-order valence-electron chi connectivity index (χ0n) is 29.9. The van der Waals surface area contributed by atoms with E-state index in [1.807, 2.05) is 42.5 Å². The summed E-state index contributed by atoms with van der Waals surface area (Å²) in [4.78, 5) is 25.2. The van der Waals surface area contributed by atoms with Crippen LogP contribution in [-0.2, 0) is 19.0 Å². The number of aryl methyl sites for hydroxylation is 2. The molecule has 0 aliphatic heterocycles. The van der Waals surface area contributed by atoms with Crippen molar-refractivity contribution in [3.8, 4) is 11.5 Å². The summed E-state index contributed by atoms with van der Waals surface area (Å²) >= 11 is 0. The van der Waals surface area contributed by atoms with Crippen LogP contribution in [0.15, 0.2) is 133 Å². The summed E-state index contributed by atoms with van der Waals surface area (Å²) in [7, 11) is 1.64. The minimum atomic E-state index is -0.836. The third-order valence-corrected chi connectivity index (χ3v) is 8.04. The highest BCUT2D eigenvalue weighted by Gasteiger charge is 2.13. The van der Waals surface area contributed by atoms with Crippen LogP contribution in [0.1, 0.15) is 34.7 Å². The van der Waals surface area contributed by atoms with E-state index >= 15 is 0 Å². The molecule has 0 aromatic heterocycles.